The number of amides is 1. The molecule has 0 spiro atoms. The van der Waals surface area contributed by atoms with Crippen molar-refractivity contribution in [1.29, 1.82) is 0 Å². The third-order valence-electron chi connectivity index (χ3n) is 0.755. The minimum Gasteiger partial charge on any atom is -0.382 e. The highest BCUT2D eigenvalue weighted by Crippen LogP contribution is 2.01. The fourth-order valence-corrected chi connectivity index (χ4v) is 0.793. The maximum Gasteiger partial charge on any atom is 0.236 e. The lowest BCUT2D eigenvalue weighted by atomic mass is 10.6. The summed E-state index contributed by atoms with van der Waals surface area (Å²) < 4.78 is 0. The van der Waals surface area contributed by atoms with Crippen molar-refractivity contribution in [2.45, 2.75) is 6.92 Å². The van der Waals surface area contributed by atoms with Gasteiger partial charge in [0.15, 0.2) is 0 Å². The zero-order valence-electron chi connectivity index (χ0n) is 6.41. The van der Waals surface area contributed by atoms with Crippen LogP contribution in [-0.4, -0.2) is 12.5 Å². The highest BCUT2D eigenvalue weighted by Gasteiger charge is 1.85. The minimum absolute atomic E-state index is 0.187. The Morgan fingerprint density at radius 3 is 2.91 bits per heavy atom. The molecule has 0 atom stereocenters. The summed E-state index contributed by atoms with van der Waals surface area (Å²) in [4.78, 5) is 10.2. The number of hydrogen-bond acceptors (Lipinski definition) is 3. The molecule has 1 amide bonds. The van der Waals surface area contributed by atoms with E-state index in [0.717, 1.165) is 0 Å². The van der Waals surface area contributed by atoms with Crippen LogP contribution < -0.4 is 11.1 Å². The van der Waals surface area contributed by atoms with Crippen LogP contribution in [0.5, 0.6) is 0 Å². The Morgan fingerprint density at radius 2 is 2.36 bits per heavy atom. The summed E-state index contributed by atoms with van der Waals surface area (Å²) in [6.07, 6.45) is 3.62. The van der Waals surface area contributed by atoms with Gasteiger partial charge in [-0.1, -0.05) is 6.08 Å². The molecule has 0 aliphatic rings. The van der Waals surface area contributed by atoms with Crippen molar-refractivity contribution in [3.05, 3.63) is 23.1 Å². The monoisotopic (exact) mass is 172 g/mol. The number of allylic oxidation sites excluding steroid dienone is 1. The fourth-order valence-electron chi connectivity index (χ4n) is 0.371. The molecule has 0 aliphatic carbocycles. The molecule has 0 saturated carbocycles. The summed E-state index contributed by atoms with van der Waals surface area (Å²) in [5.74, 6) is -0.356. The molecule has 0 unspecified atom stereocenters. The van der Waals surface area contributed by atoms with Crippen molar-refractivity contribution < 1.29 is 4.79 Å². The lowest BCUT2D eigenvalue weighted by Crippen LogP contribution is -2.24. The van der Waals surface area contributed by atoms with Crippen LogP contribution in [0.2, 0.25) is 0 Å². The first-order valence-electron chi connectivity index (χ1n) is 3.20. The molecule has 0 saturated heterocycles. The smallest absolute Gasteiger partial charge is 0.236 e. The molecule has 0 bridgehead atoms. The number of rotatable bonds is 5. The normalized spacial score (nSPS) is 11.0. The van der Waals surface area contributed by atoms with E-state index >= 15 is 0 Å². The Kier molecular flexibility index (Phi) is 6.62. The average Bonchev–Trinajstić information content (AvgIpc) is 1.96. The summed E-state index contributed by atoms with van der Waals surface area (Å²) in [5, 5.41) is 6.50. The second-order valence-corrected chi connectivity index (χ2v) is 2.57. The lowest BCUT2D eigenvalue weighted by molar-refractivity contribution is -0.117. The van der Waals surface area contributed by atoms with Gasteiger partial charge in [-0.25, -0.2) is 0 Å². The quantitative estimate of drug-likeness (QED) is 0.645. The Labute approximate surface area is 70.7 Å². The van der Waals surface area contributed by atoms with Gasteiger partial charge in [-0.15, -0.1) is 11.8 Å². The van der Waals surface area contributed by atoms with Gasteiger partial charge in [-0.05, 0) is 17.7 Å². The van der Waals surface area contributed by atoms with Crippen LogP contribution in [0.15, 0.2) is 23.1 Å². The minimum atomic E-state index is -0.356. The Bertz CT molecular complexity index is 166. The van der Waals surface area contributed by atoms with Crippen LogP contribution in [-0.2, 0) is 4.79 Å². The molecule has 0 rings (SSSR count). The van der Waals surface area contributed by atoms with E-state index in [9.17, 15) is 4.79 Å². The van der Waals surface area contributed by atoms with Gasteiger partial charge >= 0.3 is 0 Å². The van der Waals surface area contributed by atoms with E-state index in [1.165, 1.54) is 11.8 Å². The van der Waals surface area contributed by atoms with Gasteiger partial charge in [-0.2, -0.15) is 0 Å². The van der Waals surface area contributed by atoms with Gasteiger partial charge in [0.2, 0.25) is 5.91 Å². The van der Waals surface area contributed by atoms with Crippen LogP contribution in [0, 0.1) is 0 Å². The van der Waals surface area contributed by atoms with E-state index in [0.29, 0.717) is 0 Å². The summed E-state index contributed by atoms with van der Waals surface area (Å²) in [6, 6.07) is 0. The van der Waals surface area contributed by atoms with Gasteiger partial charge in [0.1, 0.15) is 0 Å². The van der Waals surface area contributed by atoms with Gasteiger partial charge in [0, 0.05) is 6.20 Å². The van der Waals surface area contributed by atoms with Crippen LogP contribution in [0.1, 0.15) is 6.92 Å². The topological polar surface area (TPSA) is 55.1 Å². The second kappa shape index (κ2) is 7.21. The summed E-state index contributed by atoms with van der Waals surface area (Å²) in [7, 11) is 0. The van der Waals surface area contributed by atoms with Gasteiger partial charge < -0.3 is 11.1 Å². The molecule has 0 radical (unpaired) electrons. The van der Waals surface area contributed by atoms with Crippen LogP contribution in [0.4, 0.5) is 0 Å². The van der Waals surface area contributed by atoms with E-state index in [1.807, 2.05) is 23.8 Å². The molecule has 0 fully saturated rings. The Morgan fingerprint density at radius 1 is 1.64 bits per heavy atom. The molecule has 0 aromatic carbocycles. The van der Waals surface area contributed by atoms with Crippen molar-refractivity contribution >= 4 is 17.7 Å². The predicted molar refractivity (Wildman–Crippen MR) is 48.7 cm³/mol. The van der Waals surface area contributed by atoms with E-state index in [1.54, 1.807) is 6.20 Å². The molecular formula is C7H12N2OS. The number of nitrogens with two attached hydrogens (primary N) is 1. The molecular weight excluding hydrogens is 160 g/mol. The van der Waals surface area contributed by atoms with Crippen molar-refractivity contribution in [1.82, 2.24) is 5.32 Å². The highest BCUT2D eigenvalue weighted by molar-refractivity contribution is 8.04. The zero-order valence-corrected chi connectivity index (χ0v) is 7.23. The third kappa shape index (κ3) is 9.10. The molecule has 0 aromatic heterocycles. The molecule has 0 aromatic rings. The van der Waals surface area contributed by atoms with Gasteiger partial charge in [0.25, 0.3) is 0 Å². The van der Waals surface area contributed by atoms with Crippen molar-refractivity contribution in [2.24, 2.45) is 5.73 Å². The predicted octanol–water partition coefficient (Wildman–Crippen LogP) is 0.799. The Hall–Kier alpha value is -0.900. The first-order valence-corrected chi connectivity index (χ1v) is 4.15. The number of primary amides is 1. The highest BCUT2D eigenvalue weighted by atomic mass is 32.2. The number of hydrogen-bond donors (Lipinski definition) is 2. The van der Waals surface area contributed by atoms with Crippen LogP contribution >= 0.6 is 11.8 Å². The molecule has 0 heterocycles. The van der Waals surface area contributed by atoms with E-state index in [2.05, 4.69) is 5.32 Å². The first-order chi connectivity index (χ1) is 5.27. The number of carbonyl (C=O) groups excluding carboxylic acids is 1. The molecule has 0 aliphatic heterocycles. The second-order valence-electron chi connectivity index (χ2n) is 1.76. The van der Waals surface area contributed by atoms with Crippen LogP contribution in [0.3, 0.4) is 0 Å². The standard InChI is InChI=1S/C7H12N2OS/c1-2-4-11-5-3-9-6-7(8)10/h2-5,9H,6H2,1H3,(H2,8,10). The maximum absolute atomic E-state index is 10.2. The fraction of sp³-hybridized carbons (Fsp3) is 0.286. The lowest BCUT2D eigenvalue weighted by Gasteiger charge is -1.92. The van der Waals surface area contributed by atoms with Crippen LogP contribution in [0.25, 0.3) is 0 Å². The largest absolute Gasteiger partial charge is 0.382 e. The van der Waals surface area contributed by atoms with Gasteiger partial charge in [0.05, 0.1) is 6.54 Å². The van der Waals surface area contributed by atoms with Gasteiger partial charge in [-0.3, -0.25) is 4.79 Å². The Balaban J connectivity index is 3.23. The van der Waals surface area contributed by atoms with E-state index in [4.69, 9.17) is 5.73 Å². The average molecular weight is 172 g/mol. The summed E-state index contributed by atoms with van der Waals surface area (Å²) in [5.41, 5.74) is 4.88. The summed E-state index contributed by atoms with van der Waals surface area (Å²) in [6.45, 7) is 2.13. The molecule has 3 N–H and O–H groups in total. The molecule has 11 heavy (non-hydrogen) atoms. The van der Waals surface area contributed by atoms with Crippen molar-refractivity contribution in [3.8, 4) is 0 Å². The van der Waals surface area contributed by atoms with E-state index < -0.39 is 0 Å². The zero-order chi connectivity index (χ0) is 8.53. The number of thioether (sulfide) groups is 1. The molecule has 62 valence electrons. The number of nitrogens with one attached hydrogen (secondary N) is 1. The molecule has 3 nitrogen and oxygen atoms in total. The van der Waals surface area contributed by atoms with Crippen molar-refractivity contribution in [3.63, 3.8) is 0 Å². The summed E-state index contributed by atoms with van der Waals surface area (Å²) >= 11 is 1.53. The third-order valence-corrected chi connectivity index (χ3v) is 1.48. The van der Waals surface area contributed by atoms with E-state index in [-0.39, 0.29) is 12.5 Å². The number of carbonyl (C=O) groups is 1. The SMILES string of the molecule is CC=CSC=CNCC(N)=O. The molecule has 4 heteroatoms. The maximum atomic E-state index is 10.2. The first kappa shape index (κ1) is 10.1. The van der Waals surface area contributed by atoms with Crippen molar-refractivity contribution in [2.75, 3.05) is 6.54 Å².